The summed E-state index contributed by atoms with van der Waals surface area (Å²) in [6.45, 7) is 9.18. The second-order valence-electron chi connectivity index (χ2n) is 11.3. The van der Waals surface area contributed by atoms with E-state index in [4.69, 9.17) is 14.2 Å². The molecule has 9 atom stereocenters. The van der Waals surface area contributed by atoms with Crippen LogP contribution >= 0.6 is 0 Å². The van der Waals surface area contributed by atoms with E-state index >= 15 is 0 Å². The van der Waals surface area contributed by atoms with Gasteiger partial charge in [-0.3, -0.25) is 14.4 Å². The standard InChI is InChI=1S/C25H38O6/c1-14(26)29-18-8-9-25(5)17(10-18)6-7-20-21-11-19(30-15(2)27)12-24(21,4)13-22(23(20)25)31-16(3)28/h17-23H,6-13H2,1-5H3/t17-,18+,19+,20+,21-,22+,23+,24-,25-/m0/s1. The predicted molar refractivity (Wildman–Crippen MR) is 114 cm³/mol. The average molecular weight is 435 g/mol. The molecule has 174 valence electrons. The maximum atomic E-state index is 12.1. The first-order valence-electron chi connectivity index (χ1n) is 12.0. The van der Waals surface area contributed by atoms with Crippen LogP contribution in [0.2, 0.25) is 0 Å². The average Bonchev–Trinajstić information content (AvgIpc) is 2.95. The molecule has 0 radical (unpaired) electrons. The van der Waals surface area contributed by atoms with Gasteiger partial charge in [-0.1, -0.05) is 13.8 Å². The highest BCUT2D eigenvalue weighted by Gasteiger charge is 2.63. The Morgan fingerprint density at radius 1 is 0.774 bits per heavy atom. The van der Waals surface area contributed by atoms with Crippen molar-refractivity contribution in [1.82, 2.24) is 0 Å². The van der Waals surface area contributed by atoms with Gasteiger partial charge in [-0.05, 0) is 80.0 Å². The Hall–Kier alpha value is -1.59. The van der Waals surface area contributed by atoms with Gasteiger partial charge in [0.2, 0.25) is 0 Å². The van der Waals surface area contributed by atoms with E-state index < -0.39 is 0 Å². The molecular formula is C25H38O6. The van der Waals surface area contributed by atoms with Gasteiger partial charge >= 0.3 is 17.9 Å². The van der Waals surface area contributed by atoms with E-state index in [0.29, 0.717) is 23.7 Å². The lowest BCUT2D eigenvalue weighted by atomic mass is 9.44. The number of carbonyl (C=O) groups excluding carboxylic acids is 3. The van der Waals surface area contributed by atoms with Gasteiger partial charge in [0.15, 0.2) is 0 Å². The van der Waals surface area contributed by atoms with Crippen molar-refractivity contribution in [2.45, 2.75) is 104 Å². The van der Waals surface area contributed by atoms with E-state index in [1.54, 1.807) is 0 Å². The quantitative estimate of drug-likeness (QED) is 0.483. The molecule has 0 N–H and O–H groups in total. The molecule has 4 rings (SSSR count). The van der Waals surface area contributed by atoms with Crippen molar-refractivity contribution in [3.8, 4) is 0 Å². The van der Waals surface area contributed by atoms with Crippen molar-refractivity contribution in [3.63, 3.8) is 0 Å². The van der Waals surface area contributed by atoms with Gasteiger partial charge in [0.05, 0.1) is 0 Å². The molecule has 4 fully saturated rings. The van der Waals surface area contributed by atoms with Crippen LogP contribution in [0.3, 0.4) is 0 Å². The lowest BCUT2D eigenvalue weighted by Gasteiger charge is -2.62. The maximum absolute atomic E-state index is 12.1. The summed E-state index contributed by atoms with van der Waals surface area (Å²) in [4.78, 5) is 35.2. The zero-order valence-electron chi connectivity index (χ0n) is 19.6. The van der Waals surface area contributed by atoms with Crippen LogP contribution in [-0.4, -0.2) is 36.2 Å². The van der Waals surface area contributed by atoms with E-state index in [0.717, 1.165) is 51.4 Å². The van der Waals surface area contributed by atoms with Crippen LogP contribution in [-0.2, 0) is 28.6 Å². The molecule has 4 aliphatic carbocycles. The highest BCUT2D eigenvalue weighted by Crippen LogP contribution is 2.67. The second kappa shape index (κ2) is 8.08. The third kappa shape index (κ3) is 4.11. The molecule has 4 saturated carbocycles. The third-order valence-electron chi connectivity index (χ3n) is 9.23. The number of fused-ring (bicyclic) bond motifs is 5. The largest absolute Gasteiger partial charge is 0.463 e. The molecule has 0 heterocycles. The van der Waals surface area contributed by atoms with Crippen molar-refractivity contribution < 1.29 is 28.6 Å². The molecule has 4 aliphatic rings. The number of esters is 3. The summed E-state index contributed by atoms with van der Waals surface area (Å²) in [5, 5.41) is 0. The molecule has 0 amide bonds. The molecule has 0 aromatic heterocycles. The Kier molecular flexibility index (Phi) is 5.89. The number of hydrogen-bond donors (Lipinski definition) is 0. The third-order valence-corrected chi connectivity index (χ3v) is 9.23. The van der Waals surface area contributed by atoms with Gasteiger partial charge < -0.3 is 14.2 Å². The van der Waals surface area contributed by atoms with Crippen molar-refractivity contribution >= 4 is 17.9 Å². The molecular weight excluding hydrogens is 396 g/mol. The minimum atomic E-state index is -0.209. The second-order valence-corrected chi connectivity index (χ2v) is 11.3. The molecule has 6 heteroatoms. The summed E-state index contributed by atoms with van der Waals surface area (Å²) in [6.07, 6.45) is 7.48. The van der Waals surface area contributed by atoms with E-state index in [-0.39, 0.29) is 47.0 Å². The Morgan fingerprint density at radius 3 is 2.06 bits per heavy atom. The van der Waals surface area contributed by atoms with Crippen LogP contribution < -0.4 is 0 Å². The van der Waals surface area contributed by atoms with Crippen LogP contribution in [0, 0.1) is 34.5 Å². The molecule has 0 unspecified atom stereocenters. The molecule has 0 saturated heterocycles. The monoisotopic (exact) mass is 434 g/mol. The molecule has 0 spiro atoms. The number of ether oxygens (including phenoxy) is 3. The molecule has 0 aliphatic heterocycles. The van der Waals surface area contributed by atoms with Gasteiger partial charge in [0.1, 0.15) is 18.3 Å². The highest BCUT2D eigenvalue weighted by atomic mass is 16.6. The zero-order chi connectivity index (χ0) is 22.6. The predicted octanol–water partition coefficient (Wildman–Crippen LogP) is 4.43. The van der Waals surface area contributed by atoms with E-state index in [1.807, 2.05) is 0 Å². The number of carbonyl (C=O) groups is 3. The molecule has 0 aromatic carbocycles. The first kappa shape index (κ1) is 22.6. The van der Waals surface area contributed by atoms with Crippen LogP contribution in [0.1, 0.15) is 86.0 Å². The number of rotatable bonds is 3. The van der Waals surface area contributed by atoms with Crippen LogP contribution in [0.15, 0.2) is 0 Å². The van der Waals surface area contributed by atoms with Gasteiger partial charge in [0, 0.05) is 26.7 Å². The summed E-state index contributed by atoms with van der Waals surface area (Å²) in [7, 11) is 0. The zero-order valence-corrected chi connectivity index (χ0v) is 19.6. The van der Waals surface area contributed by atoms with Crippen LogP contribution in [0.5, 0.6) is 0 Å². The molecule has 0 bridgehead atoms. The van der Waals surface area contributed by atoms with Gasteiger partial charge in [0.25, 0.3) is 0 Å². The first-order valence-corrected chi connectivity index (χ1v) is 12.0. The SMILES string of the molecule is CC(=O)O[C@@H]1CC[C@@]2(C)[C@@H](CC[C@H]3[C@@H]2[C@H](OC(C)=O)C[C@]2(C)C[C@H](OC(C)=O)C[C@@H]32)C1. The fourth-order valence-electron chi connectivity index (χ4n) is 8.31. The summed E-state index contributed by atoms with van der Waals surface area (Å²) in [5.74, 6) is 1.12. The van der Waals surface area contributed by atoms with E-state index in [9.17, 15) is 14.4 Å². The van der Waals surface area contributed by atoms with Gasteiger partial charge in [-0.15, -0.1) is 0 Å². The Morgan fingerprint density at radius 2 is 1.42 bits per heavy atom. The Bertz CT molecular complexity index is 748. The van der Waals surface area contributed by atoms with Crippen molar-refractivity contribution in [2.75, 3.05) is 0 Å². The van der Waals surface area contributed by atoms with E-state index in [2.05, 4.69) is 13.8 Å². The summed E-state index contributed by atoms with van der Waals surface area (Å²) >= 11 is 0. The summed E-state index contributed by atoms with van der Waals surface area (Å²) in [5.41, 5.74) is 0.0973. The lowest BCUT2D eigenvalue weighted by molar-refractivity contribution is -0.197. The summed E-state index contributed by atoms with van der Waals surface area (Å²) in [6, 6.07) is 0. The Balaban J connectivity index is 1.62. The van der Waals surface area contributed by atoms with Gasteiger partial charge in [-0.2, -0.15) is 0 Å². The lowest BCUT2D eigenvalue weighted by Crippen LogP contribution is -2.59. The smallest absolute Gasteiger partial charge is 0.302 e. The summed E-state index contributed by atoms with van der Waals surface area (Å²) < 4.78 is 17.3. The van der Waals surface area contributed by atoms with Crippen molar-refractivity contribution in [1.29, 1.82) is 0 Å². The van der Waals surface area contributed by atoms with Crippen LogP contribution in [0.25, 0.3) is 0 Å². The fraction of sp³-hybridized carbons (Fsp3) is 0.880. The maximum Gasteiger partial charge on any atom is 0.302 e. The molecule has 0 aromatic rings. The van der Waals surface area contributed by atoms with Crippen molar-refractivity contribution in [3.05, 3.63) is 0 Å². The minimum absolute atomic E-state index is 0.00739. The van der Waals surface area contributed by atoms with Crippen LogP contribution in [0.4, 0.5) is 0 Å². The molecule has 31 heavy (non-hydrogen) atoms. The van der Waals surface area contributed by atoms with Gasteiger partial charge in [-0.25, -0.2) is 0 Å². The normalized spacial score (nSPS) is 46.2. The topological polar surface area (TPSA) is 78.9 Å². The number of hydrogen-bond acceptors (Lipinski definition) is 6. The molecule has 6 nitrogen and oxygen atoms in total. The first-order chi connectivity index (χ1) is 14.5. The van der Waals surface area contributed by atoms with E-state index in [1.165, 1.54) is 20.8 Å². The van der Waals surface area contributed by atoms with Crippen molar-refractivity contribution in [2.24, 2.45) is 34.5 Å². The Labute approximate surface area is 185 Å². The minimum Gasteiger partial charge on any atom is -0.463 e. The highest BCUT2D eigenvalue weighted by molar-refractivity contribution is 5.67. The fourth-order valence-corrected chi connectivity index (χ4v) is 8.31.